The summed E-state index contributed by atoms with van der Waals surface area (Å²) in [6, 6.07) is 6.87. The molecule has 370 valence electrons. The molecule has 7 atom stereocenters. The zero-order chi connectivity index (χ0) is 49.3. The highest BCUT2D eigenvalue weighted by Crippen LogP contribution is 2.36. The first-order valence-corrected chi connectivity index (χ1v) is 24.3. The van der Waals surface area contributed by atoms with Crippen LogP contribution in [0.4, 0.5) is 0 Å². The molecule has 2 aromatic carbocycles. The topological polar surface area (TPSA) is 188 Å². The first-order chi connectivity index (χ1) is 31.9. The van der Waals surface area contributed by atoms with Crippen molar-refractivity contribution in [1.82, 2.24) is 10.6 Å². The first kappa shape index (κ1) is 55.0. The number of aliphatic hydroxyl groups excluding tert-OH is 1. The Balaban J connectivity index is 0.000000276. The van der Waals surface area contributed by atoms with Crippen molar-refractivity contribution in [2.24, 2.45) is 11.8 Å². The van der Waals surface area contributed by atoms with E-state index in [1.807, 2.05) is 52.0 Å². The van der Waals surface area contributed by atoms with E-state index in [1.54, 1.807) is 70.6 Å². The first-order valence-electron chi connectivity index (χ1n) is 22.3. The van der Waals surface area contributed by atoms with Crippen LogP contribution < -0.4 is 29.6 Å². The molecule has 2 saturated heterocycles. The lowest BCUT2D eigenvalue weighted by atomic mass is 9.99. The lowest BCUT2D eigenvalue weighted by molar-refractivity contribution is -0.152. The van der Waals surface area contributed by atoms with Crippen LogP contribution in [0.1, 0.15) is 86.2 Å². The number of methoxy groups -OCH3 is 4. The Hall–Kier alpha value is -4.64. The molecule has 67 heavy (non-hydrogen) atoms. The van der Waals surface area contributed by atoms with Crippen molar-refractivity contribution in [3.8, 4) is 23.0 Å². The molecule has 4 heterocycles. The monoisotopic (exact) mass is 954 g/mol. The number of carbonyl (C=O) groups is 3. The van der Waals surface area contributed by atoms with Crippen LogP contribution in [0.2, 0.25) is 0 Å². The third-order valence-corrected chi connectivity index (χ3v) is 10.6. The van der Waals surface area contributed by atoms with E-state index in [0.29, 0.717) is 71.2 Å². The second kappa shape index (κ2) is 26.2. The highest BCUT2D eigenvalue weighted by molar-refractivity contribution is 7.35. The van der Waals surface area contributed by atoms with Gasteiger partial charge in [0.1, 0.15) is 41.3 Å². The van der Waals surface area contributed by atoms with Crippen molar-refractivity contribution >= 4 is 38.3 Å². The predicted molar refractivity (Wildman–Crippen MR) is 258 cm³/mol. The molecule has 3 unspecified atom stereocenters. The summed E-state index contributed by atoms with van der Waals surface area (Å²) in [6.45, 7) is 16.1. The Morgan fingerprint density at radius 3 is 1.61 bits per heavy atom. The summed E-state index contributed by atoms with van der Waals surface area (Å²) in [5.74, 6) is -0.616. The maximum Gasteiger partial charge on any atom is 0.255 e. The predicted octanol–water partition coefficient (Wildman–Crippen LogP) is 6.93. The maximum absolute atomic E-state index is 13.1. The third-order valence-electron chi connectivity index (χ3n) is 10.6. The summed E-state index contributed by atoms with van der Waals surface area (Å²) in [6.07, 6.45) is 12.4. The lowest BCUT2D eigenvalue weighted by Crippen LogP contribution is -2.34. The van der Waals surface area contributed by atoms with Crippen LogP contribution in [-0.2, 0) is 33.2 Å². The molecule has 0 radical (unpaired) electrons. The quantitative estimate of drug-likeness (QED) is 0.140. The van der Waals surface area contributed by atoms with Crippen molar-refractivity contribution < 1.29 is 66.9 Å². The number of amides is 2. The minimum Gasteiger partial charge on any atom is -0.497 e. The fourth-order valence-corrected chi connectivity index (χ4v) is 7.51. The van der Waals surface area contributed by atoms with Crippen LogP contribution >= 0.6 is 8.58 Å². The minimum atomic E-state index is -0.855. The summed E-state index contributed by atoms with van der Waals surface area (Å²) in [5, 5.41) is 16.6. The van der Waals surface area contributed by atoms with Gasteiger partial charge in [-0.15, -0.1) is 8.58 Å². The SMILES string of the molecule is COCOc1cc(OC)cc2c1C(=O)NC[C@H](C)/C=C\C(=O)C1OC(C)(C)O[C@H]1C/C=C/2.COCOc1cc(OC)cc2c1C(=O)NC[C@H](C)/C=C\C(O)C1OC(C)(C)O[C@H]1C/C=C/2.CPC. The van der Waals surface area contributed by atoms with Crippen LogP contribution in [0.25, 0.3) is 12.2 Å². The standard InChI is InChI=1S/C24H33NO7.C24H31NO7.C2H7P/c2*1-15-9-10-18(26)22-19(31-24(2,3)32-22)8-6-7-16-11-17(29-5)12-20(30-14-28-4)21(16)23(27)25-13-15;1-3-2/h6-7,9-12,15,18-19,22,26H,8,13-14H2,1-5H3,(H,25,27);6-7,9-12,15,19,22H,8,13-14H2,1-5H3,(H,25,27);3H,1-2H3/b2*7-6+,10-9-;/t15-,18?,19+,22?;15-,19+,22?;/m11./s1. The molecule has 3 N–H and O–H groups in total. The van der Waals surface area contributed by atoms with Gasteiger partial charge in [0.15, 0.2) is 30.9 Å². The molecule has 16 nitrogen and oxygen atoms in total. The van der Waals surface area contributed by atoms with Crippen LogP contribution in [0.3, 0.4) is 0 Å². The van der Waals surface area contributed by atoms with Gasteiger partial charge in [-0.2, -0.15) is 0 Å². The highest BCUT2D eigenvalue weighted by atomic mass is 31.1. The van der Waals surface area contributed by atoms with Crippen LogP contribution in [-0.4, -0.2) is 133 Å². The van der Waals surface area contributed by atoms with E-state index in [-0.39, 0.29) is 49.1 Å². The van der Waals surface area contributed by atoms with Gasteiger partial charge in [0.2, 0.25) is 0 Å². The zero-order valence-electron chi connectivity index (χ0n) is 41.0. The van der Waals surface area contributed by atoms with E-state index < -0.39 is 36.0 Å². The average molecular weight is 955 g/mol. The number of nitrogens with one attached hydrogen (secondary N) is 2. The number of ketones is 1. The second-order valence-corrected chi connectivity index (χ2v) is 18.3. The largest absolute Gasteiger partial charge is 0.497 e. The number of hydrogen-bond donors (Lipinski definition) is 3. The molecule has 2 aromatic rings. The molecule has 0 saturated carbocycles. The molecule has 0 bridgehead atoms. The fraction of sp³-hybridized carbons (Fsp3) is 0.540. The summed E-state index contributed by atoms with van der Waals surface area (Å²) in [5.41, 5.74) is 2.04. The van der Waals surface area contributed by atoms with E-state index in [4.69, 9.17) is 47.4 Å². The minimum absolute atomic E-state index is 0.00233. The molecule has 0 aliphatic carbocycles. The van der Waals surface area contributed by atoms with Crippen LogP contribution in [0.15, 0.2) is 60.7 Å². The van der Waals surface area contributed by atoms with Gasteiger partial charge in [0.05, 0.1) is 37.6 Å². The van der Waals surface area contributed by atoms with Gasteiger partial charge in [-0.1, -0.05) is 56.4 Å². The Bertz CT molecular complexity index is 2080. The molecule has 2 fully saturated rings. The third kappa shape index (κ3) is 16.2. The Labute approximate surface area is 397 Å². The summed E-state index contributed by atoms with van der Waals surface area (Å²) in [4.78, 5) is 38.9. The molecular weight excluding hydrogens is 884 g/mol. The van der Waals surface area contributed by atoms with Crippen LogP contribution in [0, 0.1) is 11.8 Å². The average Bonchev–Trinajstić information content (AvgIpc) is 3.79. The second-order valence-electron chi connectivity index (χ2n) is 17.3. The van der Waals surface area contributed by atoms with Gasteiger partial charge >= 0.3 is 0 Å². The van der Waals surface area contributed by atoms with E-state index in [1.165, 1.54) is 20.3 Å². The Morgan fingerprint density at radius 1 is 0.657 bits per heavy atom. The molecular formula is C50H71N2O14P. The summed E-state index contributed by atoms with van der Waals surface area (Å²) >= 11 is 0. The van der Waals surface area contributed by atoms with Crippen molar-refractivity contribution in [2.75, 3.05) is 68.4 Å². The number of ether oxygens (including phenoxy) is 10. The van der Waals surface area contributed by atoms with Gasteiger partial charge in [-0.05, 0) is 95.0 Å². The summed E-state index contributed by atoms with van der Waals surface area (Å²) < 4.78 is 56.0. The van der Waals surface area contributed by atoms with E-state index in [9.17, 15) is 19.5 Å². The Kier molecular flexibility index (Phi) is 21.5. The van der Waals surface area contributed by atoms with Crippen molar-refractivity contribution in [2.45, 2.75) is 96.5 Å². The van der Waals surface area contributed by atoms with Crippen LogP contribution in [0.5, 0.6) is 23.0 Å². The molecule has 2 amide bonds. The van der Waals surface area contributed by atoms with E-state index in [2.05, 4.69) is 24.0 Å². The fourth-order valence-electron chi connectivity index (χ4n) is 7.51. The molecule has 4 aliphatic rings. The van der Waals surface area contributed by atoms with Gasteiger partial charge in [0, 0.05) is 39.4 Å². The number of hydrogen-bond acceptors (Lipinski definition) is 14. The van der Waals surface area contributed by atoms with Gasteiger partial charge < -0.3 is 63.1 Å². The van der Waals surface area contributed by atoms with Crippen molar-refractivity contribution in [3.05, 3.63) is 83.0 Å². The van der Waals surface area contributed by atoms with Gasteiger partial charge in [0.25, 0.3) is 11.8 Å². The smallest absolute Gasteiger partial charge is 0.255 e. The van der Waals surface area contributed by atoms with Gasteiger partial charge in [-0.25, -0.2) is 0 Å². The number of benzene rings is 2. The normalized spacial score (nSPS) is 27.6. The number of fused-ring (bicyclic) bond motifs is 4. The van der Waals surface area contributed by atoms with E-state index in [0.717, 1.165) is 8.58 Å². The lowest BCUT2D eigenvalue weighted by Gasteiger charge is -2.21. The zero-order valence-corrected chi connectivity index (χ0v) is 42.0. The number of rotatable bonds is 8. The molecule has 17 heteroatoms. The molecule has 4 aliphatic heterocycles. The highest BCUT2D eigenvalue weighted by Gasteiger charge is 2.44. The number of carbonyl (C=O) groups excluding carboxylic acids is 3. The Morgan fingerprint density at radius 2 is 1.12 bits per heavy atom. The van der Waals surface area contributed by atoms with E-state index >= 15 is 0 Å². The summed E-state index contributed by atoms with van der Waals surface area (Å²) in [7, 11) is 7.21. The van der Waals surface area contributed by atoms with Crippen molar-refractivity contribution in [3.63, 3.8) is 0 Å². The number of aliphatic hydroxyl groups is 1. The van der Waals surface area contributed by atoms with Gasteiger partial charge in [-0.3, -0.25) is 14.4 Å². The molecule has 0 aromatic heterocycles. The molecule has 6 rings (SSSR count). The molecule has 0 spiro atoms. The maximum atomic E-state index is 13.1. The van der Waals surface area contributed by atoms with Crippen molar-refractivity contribution in [1.29, 1.82) is 0 Å².